The van der Waals surface area contributed by atoms with Crippen molar-refractivity contribution >= 4 is 0 Å². The van der Waals surface area contributed by atoms with Crippen LogP contribution in [0.4, 0.5) is 0 Å². The summed E-state index contributed by atoms with van der Waals surface area (Å²) in [6, 6.07) is 1.94. The highest BCUT2D eigenvalue weighted by atomic mass is 16.5. The first-order valence-corrected chi connectivity index (χ1v) is 4.57. The normalized spacial score (nSPS) is 10.1. The van der Waals surface area contributed by atoms with E-state index in [1.165, 1.54) is 0 Å². The molecule has 4 heteroatoms. The molecular formula is C10H16N2O2. The number of pyridine rings is 1. The SMILES string of the molecule is CNCc1ccncc1OCCOC. The first kappa shape index (κ1) is 10.9. The Morgan fingerprint density at radius 3 is 3.00 bits per heavy atom. The molecule has 0 fully saturated rings. The average Bonchev–Trinajstić information content (AvgIpc) is 2.21. The van der Waals surface area contributed by atoms with Crippen molar-refractivity contribution in [3.8, 4) is 5.75 Å². The summed E-state index contributed by atoms with van der Waals surface area (Å²) in [5.41, 5.74) is 1.11. The highest BCUT2D eigenvalue weighted by molar-refractivity contribution is 5.29. The fourth-order valence-corrected chi connectivity index (χ4v) is 1.11. The van der Waals surface area contributed by atoms with E-state index in [0.29, 0.717) is 13.2 Å². The van der Waals surface area contributed by atoms with Gasteiger partial charge in [0.05, 0.1) is 12.8 Å². The van der Waals surface area contributed by atoms with Gasteiger partial charge in [-0.05, 0) is 13.1 Å². The molecule has 0 radical (unpaired) electrons. The Hall–Kier alpha value is -1.13. The Labute approximate surface area is 84.3 Å². The summed E-state index contributed by atoms with van der Waals surface area (Å²) in [5, 5.41) is 3.08. The maximum Gasteiger partial charge on any atom is 0.142 e. The van der Waals surface area contributed by atoms with Crippen LogP contribution in [0.25, 0.3) is 0 Å². The largest absolute Gasteiger partial charge is 0.489 e. The lowest BCUT2D eigenvalue weighted by molar-refractivity contribution is 0.145. The average molecular weight is 196 g/mol. The zero-order valence-electron chi connectivity index (χ0n) is 8.62. The summed E-state index contributed by atoms with van der Waals surface area (Å²) in [7, 11) is 3.56. The van der Waals surface area contributed by atoms with Crippen molar-refractivity contribution in [2.45, 2.75) is 6.54 Å². The summed E-state index contributed by atoms with van der Waals surface area (Å²) >= 11 is 0. The molecule has 0 bridgehead atoms. The molecule has 0 atom stereocenters. The first-order valence-electron chi connectivity index (χ1n) is 4.57. The van der Waals surface area contributed by atoms with Gasteiger partial charge in [-0.3, -0.25) is 4.98 Å². The Bertz CT molecular complexity index is 266. The van der Waals surface area contributed by atoms with Crippen molar-refractivity contribution in [3.63, 3.8) is 0 Å². The van der Waals surface area contributed by atoms with Gasteiger partial charge in [-0.25, -0.2) is 0 Å². The minimum absolute atomic E-state index is 0.554. The molecule has 1 aromatic heterocycles. The van der Waals surface area contributed by atoms with Crippen LogP contribution in [0.15, 0.2) is 18.5 Å². The van der Waals surface area contributed by atoms with Gasteiger partial charge in [0.25, 0.3) is 0 Å². The summed E-state index contributed by atoms with van der Waals surface area (Å²) in [4.78, 5) is 4.01. The number of rotatable bonds is 6. The molecule has 0 saturated heterocycles. The molecule has 0 saturated carbocycles. The lowest BCUT2D eigenvalue weighted by Gasteiger charge is -2.09. The van der Waals surface area contributed by atoms with Crippen molar-refractivity contribution in [3.05, 3.63) is 24.0 Å². The van der Waals surface area contributed by atoms with E-state index < -0.39 is 0 Å². The van der Waals surface area contributed by atoms with E-state index in [0.717, 1.165) is 17.9 Å². The molecule has 0 aromatic carbocycles. The topological polar surface area (TPSA) is 43.4 Å². The van der Waals surface area contributed by atoms with Gasteiger partial charge in [0.1, 0.15) is 12.4 Å². The second-order valence-electron chi connectivity index (χ2n) is 2.85. The predicted molar refractivity (Wildman–Crippen MR) is 54.4 cm³/mol. The molecule has 1 heterocycles. The highest BCUT2D eigenvalue weighted by Crippen LogP contribution is 2.15. The summed E-state index contributed by atoms with van der Waals surface area (Å²) in [6.07, 6.45) is 3.48. The predicted octanol–water partition coefficient (Wildman–Crippen LogP) is 0.826. The summed E-state index contributed by atoms with van der Waals surface area (Å²) in [5.74, 6) is 0.818. The van der Waals surface area contributed by atoms with Gasteiger partial charge in [0.15, 0.2) is 0 Å². The van der Waals surface area contributed by atoms with Gasteiger partial charge in [-0.2, -0.15) is 0 Å². The second kappa shape index (κ2) is 6.34. The smallest absolute Gasteiger partial charge is 0.142 e. The number of nitrogens with zero attached hydrogens (tertiary/aromatic N) is 1. The fraction of sp³-hybridized carbons (Fsp3) is 0.500. The number of hydrogen-bond donors (Lipinski definition) is 1. The number of hydrogen-bond acceptors (Lipinski definition) is 4. The molecule has 1 N–H and O–H groups in total. The molecule has 78 valence electrons. The molecule has 1 aromatic rings. The quantitative estimate of drug-likeness (QED) is 0.684. The lowest BCUT2D eigenvalue weighted by atomic mass is 10.2. The number of aromatic nitrogens is 1. The number of methoxy groups -OCH3 is 1. The molecule has 14 heavy (non-hydrogen) atoms. The number of nitrogens with one attached hydrogen (secondary N) is 1. The van der Waals surface area contributed by atoms with Gasteiger partial charge >= 0.3 is 0 Å². The van der Waals surface area contributed by atoms with Gasteiger partial charge in [0, 0.05) is 25.4 Å². The molecule has 1 rings (SSSR count). The Morgan fingerprint density at radius 1 is 1.43 bits per heavy atom. The molecular weight excluding hydrogens is 180 g/mol. The first-order chi connectivity index (χ1) is 6.88. The van der Waals surface area contributed by atoms with Crippen LogP contribution in [-0.4, -0.2) is 32.4 Å². The van der Waals surface area contributed by atoms with Gasteiger partial charge in [-0.1, -0.05) is 0 Å². The standard InChI is InChI=1S/C10H16N2O2/c1-11-7-9-3-4-12-8-10(9)14-6-5-13-2/h3-4,8,11H,5-7H2,1-2H3. The maximum absolute atomic E-state index is 5.50. The fourth-order valence-electron chi connectivity index (χ4n) is 1.11. The Morgan fingerprint density at radius 2 is 2.29 bits per heavy atom. The van der Waals surface area contributed by atoms with Crippen LogP contribution in [-0.2, 0) is 11.3 Å². The van der Waals surface area contributed by atoms with Crippen LogP contribution in [0.2, 0.25) is 0 Å². The van der Waals surface area contributed by atoms with Crippen LogP contribution in [0.1, 0.15) is 5.56 Å². The lowest BCUT2D eigenvalue weighted by Crippen LogP contribution is -2.10. The third-order valence-corrected chi connectivity index (χ3v) is 1.78. The van der Waals surface area contributed by atoms with Gasteiger partial charge in [0.2, 0.25) is 0 Å². The molecule has 0 spiro atoms. The van der Waals surface area contributed by atoms with E-state index in [-0.39, 0.29) is 0 Å². The van der Waals surface area contributed by atoms with Gasteiger partial charge < -0.3 is 14.8 Å². The Balaban J connectivity index is 2.55. The van der Waals surface area contributed by atoms with Crippen molar-refractivity contribution in [1.82, 2.24) is 10.3 Å². The summed E-state index contributed by atoms with van der Waals surface area (Å²) < 4.78 is 10.4. The monoisotopic (exact) mass is 196 g/mol. The van der Waals surface area contributed by atoms with E-state index >= 15 is 0 Å². The third kappa shape index (κ3) is 3.32. The molecule has 0 aliphatic rings. The maximum atomic E-state index is 5.50. The van der Waals surface area contributed by atoms with Crippen LogP contribution >= 0.6 is 0 Å². The molecule has 0 aliphatic carbocycles. The minimum atomic E-state index is 0.554. The zero-order chi connectivity index (χ0) is 10.2. The highest BCUT2D eigenvalue weighted by Gasteiger charge is 2.01. The number of ether oxygens (including phenoxy) is 2. The molecule has 0 aliphatic heterocycles. The van der Waals surface area contributed by atoms with Crippen LogP contribution in [0, 0.1) is 0 Å². The van der Waals surface area contributed by atoms with E-state index in [9.17, 15) is 0 Å². The van der Waals surface area contributed by atoms with E-state index in [2.05, 4.69) is 10.3 Å². The minimum Gasteiger partial charge on any atom is -0.489 e. The van der Waals surface area contributed by atoms with Crippen molar-refractivity contribution in [2.24, 2.45) is 0 Å². The molecule has 0 amide bonds. The second-order valence-corrected chi connectivity index (χ2v) is 2.85. The summed E-state index contributed by atoms with van der Waals surface area (Å²) in [6.45, 7) is 1.93. The van der Waals surface area contributed by atoms with Crippen LogP contribution < -0.4 is 10.1 Å². The molecule has 4 nitrogen and oxygen atoms in total. The Kier molecular flexibility index (Phi) is 4.96. The third-order valence-electron chi connectivity index (χ3n) is 1.78. The van der Waals surface area contributed by atoms with Crippen molar-refractivity contribution < 1.29 is 9.47 Å². The van der Waals surface area contributed by atoms with Crippen molar-refractivity contribution in [2.75, 3.05) is 27.4 Å². The van der Waals surface area contributed by atoms with Crippen LogP contribution in [0.3, 0.4) is 0 Å². The molecule has 0 unspecified atom stereocenters. The van der Waals surface area contributed by atoms with E-state index in [4.69, 9.17) is 9.47 Å². The van der Waals surface area contributed by atoms with Crippen molar-refractivity contribution in [1.29, 1.82) is 0 Å². The van der Waals surface area contributed by atoms with E-state index in [1.54, 1.807) is 19.5 Å². The van der Waals surface area contributed by atoms with Crippen LogP contribution in [0.5, 0.6) is 5.75 Å². The van der Waals surface area contributed by atoms with Gasteiger partial charge in [-0.15, -0.1) is 0 Å². The zero-order valence-corrected chi connectivity index (χ0v) is 8.62. The van der Waals surface area contributed by atoms with E-state index in [1.807, 2.05) is 13.1 Å².